The first kappa shape index (κ1) is 23.9. The summed E-state index contributed by atoms with van der Waals surface area (Å²) in [6, 6.07) is 35.9. The van der Waals surface area contributed by atoms with Crippen LogP contribution in [0.1, 0.15) is 60.0 Å². The second kappa shape index (κ2) is 9.47. The zero-order chi connectivity index (χ0) is 25.6. The van der Waals surface area contributed by atoms with Crippen LogP contribution in [0.25, 0.3) is 34.4 Å². The molecular formula is C36H36Si. The van der Waals surface area contributed by atoms with Crippen molar-refractivity contribution >= 4 is 20.2 Å². The normalized spacial score (nSPS) is 18.3. The molecule has 6 rings (SSSR count). The Morgan fingerprint density at radius 2 is 0.919 bits per heavy atom. The molecular weight excluding hydrogens is 460 g/mol. The Kier molecular flexibility index (Phi) is 6.13. The highest BCUT2D eigenvalue weighted by molar-refractivity contribution is 6.81. The number of fused-ring (bicyclic) bond motifs is 2. The summed E-state index contributed by atoms with van der Waals surface area (Å²) in [6.07, 6.45) is 7.31. The van der Waals surface area contributed by atoms with Crippen LogP contribution in [0.2, 0.25) is 13.1 Å². The minimum Gasteiger partial charge on any atom is -0.0679 e. The maximum atomic E-state index is 2.66. The van der Waals surface area contributed by atoms with E-state index in [1.54, 1.807) is 22.3 Å². The average molecular weight is 497 g/mol. The number of hydrogen-bond acceptors (Lipinski definition) is 0. The van der Waals surface area contributed by atoms with E-state index in [1.165, 1.54) is 33.4 Å². The van der Waals surface area contributed by atoms with Crippen LogP contribution in [0.15, 0.2) is 108 Å². The Bertz CT molecular complexity index is 1390. The van der Waals surface area contributed by atoms with Crippen LogP contribution in [0, 0.1) is 0 Å². The highest BCUT2D eigenvalue weighted by Gasteiger charge is 2.48. The smallest absolute Gasteiger partial charge is 0.0679 e. The summed E-state index contributed by atoms with van der Waals surface area (Å²) in [5.74, 6) is 0. The van der Waals surface area contributed by atoms with Crippen molar-refractivity contribution in [2.24, 2.45) is 0 Å². The van der Waals surface area contributed by atoms with E-state index in [0.29, 0.717) is 11.1 Å². The first-order valence-electron chi connectivity index (χ1n) is 13.8. The maximum Gasteiger partial charge on any atom is 0.0722 e. The summed E-state index contributed by atoms with van der Waals surface area (Å²) in [7, 11) is -1.89. The van der Waals surface area contributed by atoms with Crippen molar-refractivity contribution < 1.29 is 0 Å². The number of allylic oxidation sites excluding steroid dienone is 2. The van der Waals surface area contributed by atoms with Crippen LogP contribution in [0.5, 0.6) is 0 Å². The molecule has 2 aliphatic rings. The van der Waals surface area contributed by atoms with E-state index in [1.807, 2.05) is 0 Å². The molecule has 184 valence electrons. The quantitative estimate of drug-likeness (QED) is 0.233. The predicted octanol–water partition coefficient (Wildman–Crippen LogP) is 10.3. The maximum absolute atomic E-state index is 2.66. The van der Waals surface area contributed by atoms with Crippen LogP contribution in [-0.4, -0.2) is 8.07 Å². The molecule has 0 unspecified atom stereocenters. The Hall–Kier alpha value is -3.42. The van der Waals surface area contributed by atoms with Crippen molar-refractivity contribution in [1.82, 2.24) is 0 Å². The van der Waals surface area contributed by atoms with Gasteiger partial charge in [0.1, 0.15) is 0 Å². The van der Waals surface area contributed by atoms with Gasteiger partial charge >= 0.3 is 0 Å². The van der Waals surface area contributed by atoms with Crippen LogP contribution >= 0.6 is 0 Å². The predicted molar refractivity (Wildman–Crippen MR) is 163 cm³/mol. The van der Waals surface area contributed by atoms with Gasteiger partial charge in [-0.1, -0.05) is 147 Å². The summed E-state index contributed by atoms with van der Waals surface area (Å²) < 4.78 is 0. The Labute approximate surface area is 223 Å². The molecule has 37 heavy (non-hydrogen) atoms. The summed E-state index contributed by atoms with van der Waals surface area (Å²) in [4.78, 5) is 0. The third kappa shape index (κ3) is 3.88. The fourth-order valence-electron chi connectivity index (χ4n) is 7.20. The summed E-state index contributed by atoms with van der Waals surface area (Å²) in [5, 5.41) is 0. The molecule has 0 nitrogen and oxygen atoms in total. The van der Waals surface area contributed by atoms with Gasteiger partial charge in [-0.05, 0) is 57.3 Å². The Morgan fingerprint density at radius 3 is 1.30 bits per heavy atom. The summed E-state index contributed by atoms with van der Waals surface area (Å²) in [6.45, 7) is 10.0. The second-order valence-corrected chi connectivity index (χ2v) is 16.0. The monoisotopic (exact) mass is 496 g/mol. The zero-order valence-electron chi connectivity index (χ0n) is 22.5. The molecule has 0 saturated heterocycles. The van der Waals surface area contributed by atoms with Crippen LogP contribution in [0.3, 0.4) is 0 Å². The Balaban J connectivity index is 1.49. The number of hydrogen-bond donors (Lipinski definition) is 0. The lowest BCUT2D eigenvalue weighted by Gasteiger charge is -2.40. The van der Waals surface area contributed by atoms with E-state index in [2.05, 4.69) is 136 Å². The molecule has 0 spiro atoms. The van der Waals surface area contributed by atoms with Crippen molar-refractivity contribution in [3.05, 3.63) is 130 Å². The molecule has 4 aromatic rings. The summed E-state index contributed by atoms with van der Waals surface area (Å²) >= 11 is 0. The van der Waals surface area contributed by atoms with Gasteiger partial charge in [0.2, 0.25) is 0 Å². The molecule has 2 aliphatic carbocycles. The highest BCUT2D eigenvalue weighted by Crippen LogP contribution is 2.55. The zero-order valence-corrected chi connectivity index (χ0v) is 23.5. The molecule has 0 radical (unpaired) electrons. The third-order valence-corrected chi connectivity index (χ3v) is 13.1. The average Bonchev–Trinajstić information content (AvgIpc) is 3.53. The van der Waals surface area contributed by atoms with Gasteiger partial charge in [0.05, 0.1) is 8.07 Å². The molecule has 0 bridgehead atoms. The van der Waals surface area contributed by atoms with Gasteiger partial charge in [0, 0.05) is 11.1 Å². The van der Waals surface area contributed by atoms with Gasteiger partial charge in [0.15, 0.2) is 0 Å². The molecule has 1 heteroatoms. The highest BCUT2D eigenvalue weighted by atomic mass is 28.3. The molecule has 0 heterocycles. The van der Waals surface area contributed by atoms with Crippen molar-refractivity contribution in [2.45, 2.75) is 50.9 Å². The van der Waals surface area contributed by atoms with Crippen molar-refractivity contribution in [3.63, 3.8) is 0 Å². The van der Waals surface area contributed by atoms with Gasteiger partial charge in [0.25, 0.3) is 0 Å². The molecule has 2 atom stereocenters. The van der Waals surface area contributed by atoms with Crippen LogP contribution < -0.4 is 0 Å². The fraction of sp³-hybridized carbons (Fsp3) is 0.222. The van der Waals surface area contributed by atoms with Gasteiger partial charge in [-0.2, -0.15) is 0 Å². The van der Waals surface area contributed by atoms with Gasteiger partial charge in [-0.15, -0.1) is 0 Å². The third-order valence-electron chi connectivity index (χ3n) is 8.78. The van der Waals surface area contributed by atoms with Crippen molar-refractivity contribution in [3.8, 4) is 22.3 Å². The first-order valence-corrected chi connectivity index (χ1v) is 17.0. The standard InChI is InChI=1S/C36H36Si/c1-5-25-23-33-29(27-15-9-7-10-16-27)19-13-21-31(33)35(25)37(3,4)36-26(6-2)24-34-30(20-14-22-32(34)36)28-17-11-8-12-18-28/h7-24,35-36H,5-6H2,1-4H3/t35-,36-/m1/s1. The van der Waals surface area contributed by atoms with Crippen LogP contribution in [-0.2, 0) is 0 Å². The number of rotatable bonds is 6. The minimum atomic E-state index is -1.89. The fourth-order valence-corrected chi connectivity index (χ4v) is 12.1. The molecule has 0 amide bonds. The van der Waals surface area contributed by atoms with Gasteiger partial charge < -0.3 is 0 Å². The van der Waals surface area contributed by atoms with E-state index < -0.39 is 8.07 Å². The lowest BCUT2D eigenvalue weighted by Crippen LogP contribution is -2.42. The lowest BCUT2D eigenvalue weighted by atomic mass is 9.97. The van der Waals surface area contributed by atoms with Crippen molar-refractivity contribution in [1.29, 1.82) is 0 Å². The van der Waals surface area contributed by atoms with Gasteiger partial charge in [-0.25, -0.2) is 0 Å². The summed E-state index contributed by atoms with van der Waals surface area (Å²) in [5.41, 5.74) is 15.7. The SMILES string of the molecule is CCC1=Cc2c(-c3ccccc3)cccc2[C@@H]1[Si](C)(C)[C@@H]1C(CC)=Cc2c(-c3ccccc3)cccc21. The van der Waals surface area contributed by atoms with Gasteiger partial charge in [-0.3, -0.25) is 0 Å². The molecule has 4 aromatic carbocycles. The Morgan fingerprint density at radius 1 is 0.514 bits per heavy atom. The van der Waals surface area contributed by atoms with E-state index in [4.69, 9.17) is 0 Å². The lowest BCUT2D eigenvalue weighted by molar-refractivity contribution is 0.898. The largest absolute Gasteiger partial charge is 0.0722 e. The minimum absolute atomic E-state index is 0.530. The van der Waals surface area contributed by atoms with E-state index >= 15 is 0 Å². The van der Waals surface area contributed by atoms with E-state index in [9.17, 15) is 0 Å². The molecule has 0 N–H and O–H groups in total. The number of benzene rings is 4. The van der Waals surface area contributed by atoms with Crippen LogP contribution in [0.4, 0.5) is 0 Å². The second-order valence-electron chi connectivity index (χ2n) is 11.2. The van der Waals surface area contributed by atoms with Crippen molar-refractivity contribution in [2.75, 3.05) is 0 Å². The van der Waals surface area contributed by atoms with E-state index in [-0.39, 0.29) is 0 Å². The molecule has 0 aromatic heterocycles. The molecule has 0 fully saturated rings. The first-order chi connectivity index (χ1) is 18.0. The topological polar surface area (TPSA) is 0 Å². The van der Waals surface area contributed by atoms with E-state index in [0.717, 1.165) is 12.8 Å². The molecule has 0 saturated carbocycles. The molecule has 0 aliphatic heterocycles.